The molecular weight excluding hydrogens is 417 g/mol. The lowest BCUT2D eigenvalue weighted by atomic mass is 10.3. The number of nitro groups is 1. The van der Waals surface area contributed by atoms with Gasteiger partial charge in [-0.05, 0) is 36.4 Å². The number of nitrogens with one attached hydrogen (secondary N) is 2. The average molecular weight is 431 g/mol. The van der Waals surface area contributed by atoms with E-state index in [1.54, 1.807) is 0 Å². The van der Waals surface area contributed by atoms with Crippen molar-refractivity contribution in [1.82, 2.24) is 0 Å². The fourth-order valence-corrected chi connectivity index (χ4v) is 3.47. The lowest BCUT2D eigenvalue weighted by Gasteiger charge is -2.17. The molecule has 1 unspecified atom stereocenters. The number of rotatable bonds is 7. The molecule has 2 N–H and O–H groups in total. The second kappa shape index (κ2) is 8.68. The molecule has 0 aliphatic rings. The van der Waals surface area contributed by atoms with Crippen LogP contribution in [0, 0.1) is 15.9 Å². The van der Waals surface area contributed by atoms with Gasteiger partial charge in [-0.2, -0.15) is 4.72 Å². The van der Waals surface area contributed by atoms with Crippen molar-refractivity contribution in [3.05, 3.63) is 88.4 Å². The van der Waals surface area contributed by atoms with Gasteiger partial charge in [-0.1, -0.05) is 22.4 Å². The van der Waals surface area contributed by atoms with Gasteiger partial charge in [0, 0.05) is 17.8 Å². The standard InChI is InChI=1S/C19H14FN3O6S/c20-16-6-1-2-7-17(16)22-30(27,28)15-5-3-4-13(12-15)21-18(24)10-8-14-9-11-19(29-14)23(25)26/h1-12H,(H2-,21,22,24,27,28)/b10-8+. The van der Waals surface area contributed by atoms with Crippen LogP contribution < -0.4 is 10.0 Å². The van der Waals surface area contributed by atoms with Gasteiger partial charge in [-0.15, -0.1) is 0 Å². The van der Waals surface area contributed by atoms with Crippen LogP contribution >= 0.6 is 0 Å². The molecule has 3 rings (SSSR count). The van der Waals surface area contributed by atoms with E-state index in [4.69, 9.17) is 4.42 Å². The molecule has 2 aromatic carbocycles. The van der Waals surface area contributed by atoms with Gasteiger partial charge in [-0.25, -0.2) is 4.39 Å². The van der Waals surface area contributed by atoms with Gasteiger partial charge in [-0.3, -0.25) is 14.9 Å². The van der Waals surface area contributed by atoms with E-state index in [1.807, 2.05) is 0 Å². The summed E-state index contributed by atoms with van der Waals surface area (Å²) in [6, 6.07) is 13.1. The number of carbonyl (C=O) groups is 1. The number of furan rings is 1. The first kappa shape index (κ1) is 20.9. The molecule has 1 atom stereocenters. The molecule has 0 aliphatic carbocycles. The topological polar surface area (TPSA) is 138 Å². The average Bonchev–Trinajstić information content (AvgIpc) is 3.18. The van der Waals surface area contributed by atoms with Crippen molar-refractivity contribution < 1.29 is 27.3 Å². The molecule has 0 radical (unpaired) electrons. The third kappa shape index (κ3) is 5.16. The van der Waals surface area contributed by atoms with Gasteiger partial charge in [0.25, 0.3) is 0 Å². The molecule has 1 amide bonds. The van der Waals surface area contributed by atoms with Gasteiger partial charge < -0.3 is 14.3 Å². The summed E-state index contributed by atoms with van der Waals surface area (Å²) in [5.74, 6) is -1.71. The number of benzene rings is 2. The van der Waals surface area contributed by atoms with E-state index < -0.39 is 32.9 Å². The van der Waals surface area contributed by atoms with Crippen LogP contribution in [0.1, 0.15) is 5.76 Å². The Labute approximate surface area is 170 Å². The van der Waals surface area contributed by atoms with Crippen LogP contribution in [0.4, 0.5) is 21.6 Å². The third-order valence-corrected chi connectivity index (χ3v) is 5.08. The van der Waals surface area contributed by atoms with E-state index in [2.05, 4.69) is 10.0 Å². The molecule has 154 valence electrons. The first-order valence-electron chi connectivity index (χ1n) is 8.35. The van der Waals surface area contributed by atoms with Crippen LogP contribution in [0.2, 0.25) is 0 Å². The molecule has 1 heterocycles. The largest absolute Gasteiger partial charge is 0.588 e. The predicted molar refractivity (Wildman–Crippen MR) is 107 cm³/mol. The second-order valence-electron chi connectivity index (χ2n) is 5.87. The Bertz CT molecular complexity index is 1180. The summed E-state index contributed by atoms with van der Waals surface area (Å²) >= 11 is 0. The van der Waals surface area contributed by atoms with E-state index >= 15 is 0 Å². The van der Waals surface area contributed by atoms with Crippen LogP contribution in [0.25, 0.3) is 6.08 Å². The zero-order chi connectivity index (χ0) is 21.7. The monoisotopic (exact) mass is 431 g/mol. The molecular formula is C19H14FN3O6S. The SMILES string of the molecule is O=C(/C=C/c1ccc([N+](=O)[O-])o1)Nc1cccc([S+](=O)([O-])Nc2ccccc2F)c1. The number of para-hydroxylation sites is 1. The van der Waals surface area contributed by atoms with Crippen molar-refractivity contribution in [3.8, 4) is 0 Å². The Hall–Kier alpha value is -3.83. The Morgan fingerprint density at radius 3 is 2.60 bits per heavy atom. The number of halogens is 1. The smallest absolute Gasteiger partial charge is 0.433 e. The van der Waals surface area contributed by atoms with Crippen molar-refractivity contribution in [2.45, 2.75) is 4.90 Å². The third-order valence-electron chi connectivity index (χ3n) is 3.72. The molecule has 30 heavy (non-hydrogen) atoms. The van der Waals surface area contributed by atoms with E-state index in [0.717, 1.165) is 18.2 Å². The minimum Gasteiger partial charge on any atom is -0.588 e. The molecule has 0 aliphatic heterocycles. The molecule has 0 saturated carbocycles. The lowest BCUT2D eigenvalue weighted by molar-refractivity contribution is -0.402. The van der Waals surface area contributed by atoms with Gasteiger partial charge >= 0.3 is 5.88 Å². The lowest BCUT2D eigenvalue weighted by Crippen LogP contribution is -2.22. The number of nitrogens with zero attached hydrogens (tertiary/aromatic N) is 1. The van der Waals surface area contributed by atoms with Crippen LogP contribution in [0.5, 0.6) is 0 Å². The number of hydrogen-bond acceptors (Lipinski definition) is 6. The molecule has 0 bridgehead atoms. The number of amides is 1. The summed E-state index contributed by atoms with van der Waals surface area (Å²) in [5.41, 5.74) is -0.0334. The number of anilines is 2. The second-order valence-corrected chi connectivity index (χ2v) is 7.55. The molecule has 0 spiro atoms. The molecule has 9 nitrogen and oxygen atoms in total. The quantitative estimate of drug-likeness (QED) is 0.251. The normalized spacial score (nSPS) is 13.0. The van der Waals surface area contributed by atoms with Crippen molar-refractivity contribution >= 4 is 39.6 Å². The summed E-state index contributed by atoms with van der Waals surface area (Å²) < 4.78 is 45.7. The van der Waals surface area contributed by atoms with Crippen molar-refractivity contribution in [1.29, 1.82) is 0 Å². The Morgan fingerprint density at radius 1 is 1.13 bits per heavy atom. The molecule has 3 aromatic rings. The maximum atomic E-state index is 13.7. The van der Waals surface area contributed by atoms with E-state index in [-0.39, 0.29) is 22.0 Å². The van der Waals surface area contributed by atoms with Gasteiger partial charge in [0.05, 0.1) is 6.07 Å². The fraction of sp³-hybridized carbons (Fsp3) is 0. The first-order chi connectivity index (χ1) is 14.2. The zero-order valence-electron chi connectivity index (χ0n) is 15.1. The van der Waals surface area contributed by atoms with E-state index in [0.29, 0.717) is 0 Å². The van der Waals surface area contributed by atoms with Gasteiger partial charge in [0.15, 0.2) is 21.1 Å². The molecule has 0 saturated heterocycles. The Morgan fingerprint density at radius 2 is 1.90 bits per heavy atom. The minimum atomic E-state index is -4.09. The van der Waals surface area contributed by atoms with Crippen LogP contribution in [0.3, 0.4) is 0 Å². The number of carbonyl (C=O) groups excluding carboxylic acids is 1. The summed E-state index contributed by atoms with van der Waals surface area (Å²) in [4.78, 5) is 21.7. The maximum absolute atomic E-state index is 13.7. The zero-order valence-corrected chi connectivity index (χ0v) is 15.9. The van der Waals surface area contributed by atoms with Gasteiger partial charge in [0.2, 0.25) is 5.91 Å². The summed E-state index contributed by atoms with van der Waals surface area (Å²) in [6.45, 7) is 0. The van der Waals surface area contributed by atoms with E-state index in [9.17, 15) is 28.1 Å². The van der Waals surface area contributed by atoms with Crippen LogP contribution in [-0.4, -0.2) is 15.4 Å². The van der Waals surface area contributed by atoms with Crippen LogP contribution in [-0.2, 0) is 19.4 Å². The van der Waals surface area contributed by atoms with E-state index in [1.165, 1.54) is 54.6 Å². The number of hydrogen-bond donors (Lipinski definition) is 2. The summed E-state index contributed by atoms with van der Waals surface area (Å²) in [6.07, 6.45) is 2.30. The Balaban J connectivity index is 1.70. The predicted octanol–water partition coefficient (Wildman–Crippen LogP) is 3.99. The van der Waals surface area contributed by atoms with Crippen LogP contribution in [0.15, 0.2) is 76.1 Å². The highest BCUT2D eigenvalue weighted by molar-refractivity contribution is 7.99. The highest BCUT2D eigenvalue weighted by Gasteiger charge is 2.22. The molecule has 11 heteroatoms. The highest BCUT2D eigenvalue weighted by atomic mass is 32.3. The summed E-state index contributed by atoms with van der Waals surface area (Å²) in [7, 11) is -4.09. The maximum Gasteiger partial charge on any atom is 0.433 e. The highest BCUT2D eigenvalue weighted by Crippen LogP contribution is 2.24. The van der Waals surface area contributed by atoms with Gasteiger partial charge in [0.1, 0.15) is 16.4 Å². The van der Waals surface area contributed by atoms with Crippen molar-refractivity contribution in [3.63, 3.8) is 0 Å². The Kier molecular flexibility index (Phi) is 6.04. The number of sulfonamides is 1. The molecule has 1 aromatic heterocycles. The van der Waals surface area contributed by atoms with Crippen molar-refractivity contribution in [2.75, 3.05) is 10.0 Å². The molecule has 0 fully saturated rings. The fourth-order valence-electron chi connectivity index (χ4n) is 2.36. The van der Waals surface area contributed by atoms with Crippen molar-refractivity contribution in [2.24, 2.45) is 0 Å². The summed E-state index contributed by atoms with van der Waals surface area (Å²) in [5, 5.41) is 13.0. The first-order valence-corrected chi connectivity index (χ1v) is 9.83. The minimum absolute atomic E-state index is 0.0993.